The van der Waals surface area contributed by atoms with E-state index in [1.54, 1.807) is 11.0 Å². The molecule has 0 saturated heterocycles. The lowest BCUT2D eigenvalue weighted by atomic mass is 10.0. The highest BCUT2D eigenvalue weighted by molar-refractivity contribution is 5.88. The summed E-state index contributed by atoms with van der Waals surface area (Å²) in [6.07, 6.45) is 4.14. The summed E-state index contributed by atoms with van der Waals surface area (Å²) < 4.78 is 0. The van der Waals surface area contributed by atoms with E-state index in [2.05, 4.69) is 0 Å². The summed E-state index contributed by atoms with van der Waals surface area (Å²) >= 11 is 0. The number of benzene rings is 1. The number of amides is 1. The van der Waals surface area contributed by atoms with Crippen molar-refractivity contribution in [3.05, 3.63) is 48.0 Å². The number of carbonyl (C=O) groups is 2. The number of allylic oxidation sites excluding steroid dienone is 1. The van der Waals surface area contributed by atoms with Gasteiger partial charge in [0.2, 0.25) is 5.91 Å². The largest absolute Gasteiger partial charge is 0.332 e. The molecule has 3 nitrogen and oxygen atoms in total. The van der Waals surface area contributed by atoms with Gasteiger partial charge in [-0.25, -0.2) is 0 Å². The van der Waals surface area contributed by atoms with Crippen molar-refractivity contribution in [2.24, 2.45) is 5.92 Å². The van der Waals surface area contributed by atoms with Crippen molar-refractivity contribution < 1.29 is 9.59 Å². The van der Waals surface area contributed by atoms with Crippen LogP contribution in [0.4, 0.5) is 0 Å². The summed E-state index contributed by atoms with van der Waals surface area (Å²) in [4.78, 5) is 24.7. The third-order valence-corrected chi connectivity index (χ3v) is 3.06. The number of aldehydes is 1. The molecular weight excluding hydrogens is 238 g/mol. The van der Waals surface area contributed by atoms with Crippen LogP contribution in [0.15, 0.2) is 42.5 Å². The van der Waals surface area contributed by atoms with E-state index < -0.39 is 0 Å². The molecule has 2 atom stereocenters. The number of rotatable bonds is 6. The van der Waals surface area contributed by atoms with Crippen LogP contribution < -0.4 is 0 Å². The second-order valence-electron chi connectivity index (χ2n) is 4.69. The fourth-order valence-electron chi connectivity index (χ4n) is 1.94. The van der Waals surface area contributed by atoms with Crippen molar-refractivity contribution in [2.75, 3.05) is 6.54 Å². The summed E-state index contributed by atoms with van der Waals surface area (Å²) in [6, 6.07) is 9.79. The molecule has 1 rings (SSSR count). The van der Waals surface area contributed by atoms with Crippen LogP contribution in [0.25, 0.3) is 0 Å². The monoisotopic (exact) mass is 259 g/mol. The molecule has 19 heavy (non-hydrogen) atoms. The molecule has 3 heteroatoms. The molecule has 0 saturated carbocycles. The van der Waals surface area contributed by atoms with Crippen molar-refractivity contribution in [1.82, 2.24) is 4.90 Å². The van der Waals surface area contributed by atoms with E-state index in [0.29, 0.717) is 6.54 Å². The predicted octanol–water partition coefficient (Wildman–Crippen LogP) is 2.99. The van der Waals surface area contributed by atoms with Crippen LogP contribution in [0.5, 0.6) is 0 Å². The second kappa shape index (κ2) is 7.52. The Morgan fingerprint density at radius 3 is 2.42 bits per heavy atom. The van der Waals surface area contributed by atoms with Gasteiger partial charge in [0.05, 0.1) is 6.04 Å². The van der Waals surface area contributed by atoms with E-state index in [1.165, 1.54) is 6.08 Å². The van der Waals surface area contributed by atoms with E-state index >= 15 is 0 Å². The molecular formula is C16H21NO2. The van der Waals surface area contributed by atoms with Crippen LogP contribution in [0.3, 0.4) is 0 Å². The van der Waals surface area contributed by atoms with Gasteiger partial charge in [0.25, 0.3) is 0 Å². The number of nitrogens with zero attached hydrogens (tertiary/aromatic N) is 1. The molecule has 0 fully saturated rings. The van der Waals surface area contributed by atoms with E-state index in [1.807, 2.05) is 51.1 Å². The minimum atomic E-state index is -0.166. The Hall–Kier alpha value is -1.90. The summed E-state index contributed by atoms with van der Waals surface area (Å²) in [5.41, 5.74) is 1.07. The summed E-state index contributed by atoms with van der Waals surface area (Å²) in [5.74, 6) is -0.229. The van der Waals surface area contributed by atoms with Crippen LogP contribution in [0.1, 0.15) is 32.4 Å². The smallest absolute Gasteiger partial charge is 0.246 e. The number of hydrogen-bond acceptors (Lipinski definition) is 2. The Kier molecular flexibility index (Phi) is 6.00. The Morgan fingerprint density at radius 1 is 1.26 bits per heavy atom. The van der Waals surface area contributed by atoms with Crippen molar-refractivity contribution in [1.29, 1.82) is 0 Å². The fraction of sp³-hybridized carbons (Fsp3) is 0.375. The van der Waals surface area contributed by atoms with Crippen molar-refractivity contribution in [2.45, 2.75) is 26.8 Å². The molecule has 0 bridgehead atoms. The molecule has 0 heterocycles. The van der Waals surface area contributed by atoms with Gasteiger partial charge in [-0.2, -0.15) is 0 Å². The third kappa shape index (κ3) is 4.36. The Morgan fingerprint density at radius 2 is 1.89 bits per heavy atom. The van der Waals surface area contributed by atoms with E-state index in [0.717, 1.165) is 11.8 Å². The number of carbonyl (C=O) groups excluding carboxylic acids is 2. The first-order valence-corrected chi connectivity index (χ1v) is 6.53. The molecule has 0 unspecified atom stereocenters. The standard InChI is InChI=1S/C16H21NO2/c1-4-8-16(19)17(11-13(2)12-18)14(3)15-9-6-5-7-10-15/h4-10,12-14H,11H2,1-3H3/b8-4+/t13-,14+/m1/s1. The zero-order valence-electron chi connectivity index (χ0n) is 11.7. The summed E-state index contributed by atoms with van der Waals surface area (Å²) in [7, 11) is 0. The van der Waals surface area contributed by atoms with Gasteiger partial charge in [-0.05, 0) is 25.5 Å². The second-order valence-corrected chi connectivity index (χ2v) is 4.69. The molecule has 1 amide bonds. The Balaban J connectivity index is 2.95. The number of hydrogen-bond donors (Lipinski definition) is 0. The van der Waals surface area contributed by atoms with Crippen molar-refractivity contribution in [3.63, 3.8) is 0 Å². The van der Waals surface area contributed by atoms with Crippen LogP contribution in [-0.4, -0.2) is 23.6 Å². The van der Waals surface area contributed by atoms with E-state index in [-0.39, 0.29) is 17.9 Å². The minimum absolute atomic E-state index is 0.0488. The Bertz CT molecular complexity index is 439. The van der Waals surface area contributed by atoms with Gasteiger partial charge in [0.15, 0.2) is 0 Å². The zero-order valence-corrected chi connectivity index (χ0v) is 11.7. The van der Waals surface area contributed by atoms with Gasteiger partial charge in [-0.3, -0.25) is 4.79 Å². The minimum Gasteiger partial charge on any atom is -0.332 e. The highest BCUT2D eigenvalue weighted by Gasteiger charge is 2.21. The topological polar surface area (TPSA) is 37.4 Å². The van der Waals surface area contributed by atoms with Crippen molar-refractivity contribution >= 4 is 12.2 Å². The van der Waals surface area contributed by atoms with E-state index in [4.69, 9.17) is 0 Å². The van der Waals surface area contributed by atoms with Crippen LogP contribution in [-0.2, 0) is 9.59 Å². The lowest BCUT2D eigenvalue weighted by Gasteiger charge is -2.30. The average Bonchev–Trinajstić information content (AvgIpc) is 2.44. The van der Waals surface area contributed by atoms with Gasteiger partial charge in [-0.15, -0.1) is 0 Å². The van der Waals surface area contributed by atoms with Gasteiger partial charge < -0.3 is 9.69 Å². The maximum absolute atomic E-state index is 12.1. The van der Waals surface area contributed by atoms with E-state index in [9.17, 15) is 9.59 Å². The van der Waals surface area contributed by atoms with Gasteiger partial charge >= 0.3 is 0 Å². The van der Waals surface area contributed by atoms with Crippen LogP contribution in [0.2, 0.25) is 0 Å². The fourth-order valence-corrected chi connectivity index (χ4v) is 1.94. The highest BCUT2D eigenvalue weighted by atomic mass is 16.2. The lowest BCUT2D eigenvalue weighted by Crippen LogP contribution is -2.36. The SMILES string of the molecule is C/C=C/C(=O)N(C[C@@H](C)C=O)[C@@H](C)c1ccccc1. The molecule has 1 aromatic rings. The Labute approximate surface area is 114 Å². The normalized spacial score (nSPS) is 14.1. The first-order chi connectivity index (χ1) is 9.10. The lowest BCUT2D eigenvalue weighted by molar-refractivity contribution is -0.129. The van der Waals surface area contributed by atoms with Crippen LogP contribution in [0, 0.1) is 5.92 Å². The van der Waals surface area contributed by atoms with Gasteiger partial charge in [-0.1, -0.05) is 43.3 Å². The van der Waals surface area contributed by atoms with Gasteiger partial charge in [0.1, 0.15) is 6.29 Å². The molecule has 0 aromatic heterocycles. The average molecular weight is 259 g/mol. The van der Waals surface area contributed by atoms with Crippen molar-refractivity contribution in [3.8, 4) is 0 Å². The molecule has 0 aliphatic carbocycles. The summed E-state index contributed by atoms with van der Waals surface area (Å²) in [6.45, 7) is 6.05. The molecule has 1 aromatic carbocycles. The van der Waals surface area contributed by atoms with Crippen LogP contribution >= 0.6 is 0 Å². The molecule has 0 radical (unpaired) electrons. The van der Waals surface area contributed by atoms with Gasteiger partial charge in [0, 0.05) is 12.5 Å². The molecule has 0 aliphatic rings. The first kappa shape index (κ1) is 15.2. The maximum atomic E-state index is 12.1. The first-order valence-electron chi connectivity index (χ1n) is 6.53. The highest BCUT2D eigenvalue weighted by Crippen LogP contribution is 2.21. The molecule has 0 N–H and O–H groups in total. The quantitative estimate of drug-likeness (QED) is 0.582. The molecule has 102 valence electrons. The molecule has 0 aliphatic heterocycles. The third-order valence-electron chi connectivity index (χ3n) is 3.06. The molecule has 0 spiro atoms. The zero-order chi connectivity index (χ0) is 14.3. The summed E-state index contributed by atoms with van der Waals surface area (Å²) in [5, 5.41) is 0. The predicted molar refractivity (Wildman–Crippen MR) is 76.6 cm³/mol. The maximum Gasteiger partial charge on any atom is 0.246 e.